The Balaban J connectivity index is 4.66. The minimum Gasteiger partial charge on any atom is -0.478 e. The van der Waals surface area contributed by atoms with E-state index in [1.54, 1.807) is 6.92 Å². The number of carboxylic acid groups (broad SMARTS) is 1. The minimum absolute atomic E-state index is 0.0149. The van der Waals surface area contributed by atoms with Crippen LogP contribution in [0.5, 0.6) is 0 Å². The minimum atomic E-state index is -1.11. The molecule has 1 atom stereocenters. The molecule has 1 unspecified atom stereocenters. The van der Waals surface area contributed by atoms with Gasteiger partial charge < -0.3 is 19.9 Å². The van der Waals surface area contributed by atoms with Gasteiger partial charge in [0.05, 0.1) is 6.04 Å². The summed E-state index contributed by atoms with van der Waals surface area (Å²) in [5, 5.41) is 11.4. The van der Waals surface area contributed by atoms with E-state index in [-0.39, 0.29) is 17.2 Å². The predicted octanol–water partition coefficient (Wildman–Crippen LogP) is 0.531. The summed E-state index contributed by atoms with van der Waals surface area (Å²) in [7, 11) is 2.92. The normalized spacial score (nSPS) is 14.2. The first-order valence-electron chi connectivity index (χ1n) is 5.12. The van der Waals surface area contributed by atoms with Crippen LogP contribution in [-0.2, 0) is 19.1 Å². The second-order valence-corrected chi connectivity index (χ2v) is 3.66. The van der Waals surface area contributed by atoms with E-state index in [1.807, 2.05) is 0 Å². The van der Waals surface area contributed by atoms with Gasteiger partial charge in [-0.25, -0.2) is 4.79 Å². The molecule has 6 heteroatoms. The largest absolute Gasteiger partial charge is 0.478 e. The highest BCUT2D eigenvalue weighted by atomic mass is 16.7. The van der Waals surface area contributed by atoms with Gasteiger partial charge in [-0.2, -0.15) is 0 Å². The average molecular weight is 245 g/mol. The molecule has 0 aromatic carbocycles. The number of carbonyl (C=O) groups excluding carboxylic acids is 1. The molecule has 0 aliphatic heterocycles. The van der Waals surface area contributed by atoms with Crippen molar-refractivity contribution < 1.29 is 24.2 Å². The summed E-state index contributed by atoms with van der Waals surface area (Å²) in [6, 6.07) is -0.381. The monoisotopic (exact) mass is 245 g/mol. The maximum absolute atomic E-state index is 11.7. The van der Waals surface area contributed by atoms with Crippen LogP contribution < -0.4 is 5.32 Å². The summed E-state index contributed by atoms with van der Waals surface area (Å²) < 4.78 is 9.96. The Labute approximate surface area is 101 Å². The molecule has 1 amide bonds. The third-order valence-electron chi connectivity index (χ3n) is 2.46. The van der Waals surface area contributed by atoms with E-state index in [2.05, 4.69) is 5.32 Å². The molecule has 0 aromatic heterocycles. The summed E-state index contributed by atoms with van der Waals surface area (Å²) >= 11 is 0. The highest BCUT2D eigenvalue weighted by molar-refractivity contribution is 6.01. The van der Waals surface area contributed by atoms with Crippen molar-refractivity contribution >= 4 is 11.9 Å². The molecule has 0 aliphatic carbocycles. The molecular weight excluding hydrogens is 226 g/mol. The second kappa shape index (κ2) is 7.03. The molecule has 0 saturated heterocycles. The molecule has 0 bridgehead atoms. The standard InChI is InChI=1S/C11H19NO5/c1-6(7(2)10(14)15)9(13)12-8(3)11(16-4)17-5/h8,11H,1-5H3,(H,12,13)(H,14,15). The Bertz CT molecular complexity index is 320. The molecule has 0 aromatic rings. The van der Waals surface area contributed by atoms with E-state index in [9.17, 15) is 9.59 Å². The number of hydrogen-bond acceptors (Lipinski definition) is 4. The number of aliphatic carboxylic acids is 1. The second-order valence-electron chi connectivity index (χ2n) is 3.66. The number of hydrogen-bond donors (Lipinski definition) is 2. The molecule has 0 aliphatic rings. The summed E-state index contributed by atoms with van der Waals surface area (Å²) in [5.41, 5.74) is 0.177. The molecule has 6 nitrogen and oxygen atoms in total. The van der Waals surface area contributed by atoms with Gasteiger partial charge in [0.25, 0.3) is 0 Å². The highest BCUT2D eigenvalue weighted by Crippen LogP contribution is 2.05. The van der Waals surface area contributed by atoms with E-state index in [0.29, 0.717) is 0 Å². The Morgan fingerprint density at radius 3 is 1.94 bits per heavy atom. The first-order chi connectivity index (χ1) is 7.84. The fraction of sp³-hybridized carbons (Fsp3) is 0.636. The van der Waals surface area contributed by atoms with E-state index in [4.69, 9.17) is 14.6 Å². The molecule has 0 rings (SSSR count). The van der Waals surface area contributed by atoms with Crippen molar-refractivity contribution in [2.24, 2.45) is 0 Å². The van der Waals surface area contributed by atoms with E-state index in [0.717, 1.165) is 0 Å². The van der Waals surface area contributed by atoms with Crippen LogP contribution in [0.25, 0.3) is 0 Å². The van der Waals surface area contributed by atoms with Crippen molar-refractivity contribution in [2.75, 3.05) is 14.2 Å². The molecule has 0 fully saturated rings. The van der Waals surface area contributed by atoms with Gasteiger partial charge in [0.2, 0.25) is 5.91 Å². The highest BCUT2D eigenvalue weighted by Gasteiger charge is 2.20. The van der Waals surface area contributed by atoms with Crippen LogP contribution in [0.4, 0.5) is 0 Å². The lowest BCUT2D eigenvalue weighted by atomic mass is 10.1. The van der Waals surface area contributed by atoms with Crippen molar-refractivity contribution in [2.45, 2.75) is 33.1 Å². The van der Waals surface area contributed by atoms with Crippen LogP contribution in [0.3, 0.4) is 0 Å². The molecule has 0 radical (unpaired) electrons. The fourth-order valence-corrected chi connectivity index (χ4v) is 1.22. The Hall–Kier alpha value is -1.40. The maximum atomic E-state index is 11.7. The van der Waals surface area contributed by atoms with Gasteiger partial charge in [0, 0.05) is 25.4 Å². The first-order valence-corrected chi connectivity index (χ1v) is 5.12. The topological polar surface area (TPSA) is 84.9 Å². The van der Waals surface area contributed by atoms with Crippen LogP contribution in [0.1, 0.15) is 20.8 Å². The fourth-order valence-electron chi connectivity index (χ4n) is 1.22. The van der Waals surface area contributed by atoms with Gasteiger partial charge in [-0.1, -0.05) is 0 Å². The quantitative estimate of drug-likeness (QED) is 0.526. The van der Waals surface area contributed by atoms with Gasteiger partial charge in [0.1, 0.15) is 0 Å². The van der Waals surface area contributed by atoms with Gasteiger partial charge in [0.15, 0.2) is 6.29 Å². The van der Waals surface area contributed by atoms with Crippen LogP contribution in [0.15, 0.2) is 11.1 Å². The molecule has 2 N–H and O–H groups in total. The summed E-state index contributed by atoms with van der Waals surface area (Å²) in [5.74, 6) is -1.56. The molecular formula is C11H19NO5. The van der Waals surface area contributed by atoms with Crippen LogP contribution in [0.2, 0.25) is 0 Å². The van der Waals surface area contributed by atoms with Gasteiger partial charge in [-0.05, 0) is 20.8 Å². The maximum Gasteiger partial charge on any atom is 0.331 e. The van der Waals surface area contributed by atoms with Crippen molar-refractivity contribution in [3.8, 4) is 0 Å². The van der Waals surface area contributed by atoms with Crippen LogP contribution in [0, 0.1) is 0 Å². The molecule has 0 saturated carbocycles. The zero-order chi connectivity index (χ0) is 13.6. The third-order valence-corrected chi connectivity index (χ3v) is 2.46. The number of methoxy groups -OCH3 is 2. The molecule has 0 heterocycles. The van der Waals surface area contributed by atoms with Gasteiger partial charge in [-0.15, -0.1) is 0 Å². The van der Waals surface area contributed by atoms with Crippen molar-refractivity contribution in [3.63, 3.8) is 0 Å². The lowest BCUT2D eigenvalue weighted by Crippen LogP contribution is -2.43. The number of carbonyl (C=O) groups is 2. The SMILES string of the molecule is COC(OC)C(C)NC(=O)C(C)=C(C)C(=O)O. The Morgan fingerprint density at radius 1 is 1.12 bits per heavy atom. The summed E-state index contributed by atoms with van der Waals surface area (Å²) in [4.78, 5) is 22.4. The van der Waals surface area contributed by atoms with Crippen molar-refractivity contribution in [1.29, 1.82) is 0 Å². The lowest BCUT2D eigenvalue weighted by Gasteiger charge is -2.22. The number of amides is 1. The van der Waals surface area contributed by atoms with Gasteiger partial charge >= 0.3 is 5.97 Å². The smallest absolute Gasteiger partial charge is 0.331 e. The molecule has 0 spiro atoms. The number of nitrogens with one attached hydrogen (secondary N) is 1. The first kappa shape index (κ1) is 15.6. The molecule has 17 heavy (non-hydrogen) atoms. The number of carboxylic acids is 1. The van der Waals surface area contributed by atoms with Gasteiger partial charge in [-0.3, -0.25) is 4.79 Å². The Morgan fingerprint density at radius 2 is 1.59 bits per heavy atom. The van der Waals surface area contributed by atoms with Crippen molar-refractivity contribution in [3.05, 3.63) is 11.1 Å². The van der Waals surface area contributed by atoms with E-state index >= 15 is 0 Å². The van der Waals surface area contributed by atoms with Crippen molar-refractivity contribution in [1.82, 2.24) is 5.32 Å². The number of ether oxygens (including phenoxy) is 2. The van der Waals surface area contributed by atoms with Crippen LogP contribution in [-0.4, -0.2) is 43.5 Å². The van der Waals surface area contributed by atoms with Crippen LogP contribution >= 0.6 is 0 Å². The zero-order valence-electron chi connectivity index (χ0n) is 10.7. The predicted molar refractivity (Wildman–Crippen MR) is 61.4 cm³/mol. The third kappa shape index (κ3) is 4.54. The van der Waals surface area contributed by atoms with E-state index < -0.39 is 18.2 Å². The number of rotatable bonds is 6. The Kier molecular flexibility index (Phi) is 6.45. The zero-order valence-corrected chi connectivity index (χ0v) is 10.7. The summed E-state index contributed by atoms with van der Waals surface area (Å²) in [6.07, 6.45) is -0.572. The lowest BCUT2D eigenvalue weighted by molar-refractivity contribution is -0.135. The van der Waals surface area contributed by atoms with E-state index in [1.165, 1.54) is 28.1 Å². The summed E-state index contributed by atoms with van der Waals surface area (Å²) in [6.45, 7) is 4.55. The molecule has 98 valence electrons. The average Bonchev–Trinajstić information content (AvgIpc) is 2.28.